The Morgan fingerprint density at radius 1 is 1.03 bits per heavy atom. The van der Waals surface area contributed by atoms with Crippen molar-refractivity contribution in [2.45, 2.75) is 32.2 Å². The molecular weight excluding hydrogens is 388 g/mol. The first kappa shape index (κ1) is 22.2. The van der Waals surface area contributed by atoms with Crippen LogP contribution in [0.25, 0.3) is 0 Å². The average Bonchev–Trinajstić information content (AvgIpc) is 2.78. The molecule has 5 N–H and O–H groups in total. The first-order valence-corrected chi connectivity index (χ1v) is 10.6. The van der Waals surface area contributed by atoms with E-state index in [1.54, 1.807) is 0 Å². The van der Waals surface area contributed by atoms with E-state index in [2.05, 4.69) is 27.5 Å². The lowest BCUT2D eigenvalue weighted by Crippen LogP contribution is -2.26. The zero-order valence-corrected chi connectivity index (χ0v) is 18.1. The molecule has 0 saturated heterocycles. The summed E-state index contributed by atoms with van der Waals surface area (Å²) in [5.41, 5.74) is 7.68. The van der Waals surface area contributed by atoms with E-state index in [1.807, 2.05) is 61.6 Å². The van der Waals surface area contributed by atoms with Crippen molar-refractivity contribution >= 4 is 17.3 Å². The molecule has 31 heavy (non-hydrogen) atoms. The van der Waals surface area contributed by atoms with Gasteiger partial charge in [0.05, 0.1) is 11.3 Å². The molecule has 7 nitrogen and oxygen atoms in total. The molecule has 2 aromatic carbocycles. The lowest BCUT2D eigenvalue weighted by molar-refractivity contribution is 0.482. The maximum absolute atomic E-state index is 8.78. The fourth-order valence-electron chi connectivity index (χ4n) is 3.36. The summed E-state index contributed by atoms with van der Waals surface area (Å²) in [6.45, 7) is 3.05. The summed E-state index contributed by atoms with van der Waals surface area (Å²) < 4.78 is 5.85. The number of hydrogen-bond acceptors (Lipinski definition) is 7. The number of aromatic nitrogens is 2. The summed E-state index contributed by atoms with van der Waals surface area (Å²) in [6, 6.07) is 17.2. The van der Waals surface area contributed by atoms with Crippen molar-refractivity contribution in [2.24, 2.45) is 0 Å². The van der Waals surface area contributed by atoms with Crippen molar-refractivity contribution in [3.63, 3.8) is 0 Å². The maximum Gasteiger partial charge on any atom is 0.141 e. The van der Waals surface area contributed by atoms with Gasteiger partial charge in [-0.3, -0.25) is 5.41 Å². The summed E-state index contributed by atoms with van der Waals surface area (Å²) >= 11 is 0. The van der Waals surface area contributed by atoms with E-state index in [4.69, 9.17) is 15.9 Å². The van der Waals surface area contributed by atoms with Crippen LogP contribution in [-0.2, 0) is 0 Å². The summed E-state index contributed by atoms with van der Waals surface area (Å²) in [4.78, 5) is 8.53. The number of nitrogens with one attached hydrogen (secondary N) is 3. The van der Waals surface area contributed by atoms with E-state index in [0.29, 0.717) is 22.7 Å². The molecule has 0 fully saturated rings. The molecule has 1 aromatic heterocycles. The van der Waals surface area contributed by atoms with Gasteiger partial charge in [-0.05, 0) is 62.8 Å². The quantitative estimate of drug-likeness (QED) is 0.342. The van der Waals surface area contributed by atoms with Gasteiger partial charge in [-0.2, -0.15) is 0 Å². The van der Waals surface area contributed by atoms with Crippen LogP contribution >= 0.6 is 0 Å². The molecule has 0 aliphatic rings. The molecule has 0 aliphatic carbocycles. The van der Waals surface area contributed by atoms with Crippen molar-refractivity contribution in [1.29, 1.82) is 5.41 Å². The monoisotopic (exact) mass is 418 g/mol. The summed E-state index contributed by atoms with van der Waals surface area (Å²) in [5, 5.41) is 15.4. The van der Waals surface area contributed by atoms with Gasteiger partial charge in [0, 0.05) is 11.6 Å². The van der Waals surface area contributed by atoms with Gasteiger partial charge >= 0.3 is 0 Å². The fourth-order valence-corrected chi connectivity index (χ4v) is 3.36. The zero-order valence-electron chi connectivity index (χ0n) is 18.1. The smallest absolute Gasteiger partial charge is 0.141 e. The predicted octanol–water partition coefficient (Wildman–Crippen LogP) is 4.46. The van der Waals surface area contributed by atoms with E-state index in [0.717, 1.165) is 31.6 Å². The number of nitrogens with two attached hydrogens (primary N) is 1. The molecule has 3 rings (SSSR count). The molecule has 1 unspecified atom stereocenters. The van der Waals surface area contributed by atoms with Crippen LogP contribution in [0.2, 0.25) is 0 Å². The van der Waals surface area contributed by atoms with Gasteiger partial charge in [0.15, 0.2) is 0 Å². The summed E-state index contributed by atoms with van der Waals surface area (Å²) in [7, 11) is 1.94. The van der Waals surface area contributed by atoms with Gasteiger partial charge in [-0.25, -0.2) is 9.97 Å². The lowest BCUT2D eigenvalue weighted by Gasteiger charge is -2.21. The van der Waals surface area contributed by atoms with Gasteiger partial charge in [-0.1, -0.05) is 31.5 Å². The number of rotatable bonds is 11. The lowest BCUT2D eigenvalue weighted by atomic mass is 10.0. The van der Waals surface area contributed by atoms with E-state index >= 15 is 0 Å². The molecule has 3 aromatic rings. The van der Waals surface area contributed by atoms with Crippen molar-refractivity contribution < 1.29 is 4.74 Å². The normalized spacial score (nSPS) is 11.7. The van der Waals surface area contributed by atoms with Crippen LogP contribution in [0, 0.1) is 5.41 Å². The number of nitrogen functional groups attached to an aromatic ring is 1. The van der Waals surface area contributed by atoms with Crippen molar-refractivity contribution in [3.8, 4) is 11.5 Å². The first-order chi connectivity index (χ1) is 15.1. The van der Waals surface area contributed by atoms with Crippen LogP contribution in [-0.4, -0.2) is 35.3 Å². The Balaban J connectivity index is 1.80. The van der Waals surface area contributed by atoms with Crippen LogP contribution in [0.3, 0.4) is 0 Å². The number of para-hydroxylation sites is 1. The van der Waals surface area contributed by atoms with E-state index in [9.17, 15) is 0 Å². The molecule has 0 amide bonds. The van der Waals surface area contributed by atoms with Gasteiger partial charge in [0.25, 0.3) is 0 Å². The second-order valence-electron chi connectivity index (χ2n) is 7.32. The number of benzene rings is 2. The number of hydrogen-bond donors (Lipinski definition) is 4. The maximum atomic E-state index is 8.78. The highest BCUT2D eigenvalue weighted by Crippen LogP contribution is 2.26. The Bertz CT molecular complexity index is 975. The van der Waals surface area contributed by atoms with E-state index < -0.39 is 0 Å². The molecule has 0 radical (unpaired) electrons. The molecule has 0 bridgehead atoms. The minimum Gasteiger partial charge on any atom is -0.457 e. The Morgan fingerprint density at radius 2 is 1.74 bits per heavy atom. The predicted molar refractivity (Wildman–Crippen MR) is 126 cm³/mol. The number of anilines is 2. The van der Waals surface area contributed by atoms with E-state index in [-0.39, 0.29) is 17.6 Å². The van der Waals surface area contributed by atoms with Crippen molar-refractivity contribution in [1.82, 2.24) is 15.3 Å². The molecule has 7 heteroatoms. The minimum atomic E-state index is 0.236. The Labute approximate surface area is 183 Å². The summed E-state index contributed by atoms with van der Waals surface area (Å²) in [6.07, 6.45) is 4.44. The van der Waals surface area contributed by atoms with Gasteiger partial charge in [0.1, 0.15) is 29.5 Å². The second-order valence-corrected chi connectivity index (χ2v) is 7.32. The molecule has 0 saturated carbocycles. The third-order valence-corrected chi connectivity index (χ3v) is 4.97. The Kier molecular flexibility index (Phi) is 7.95. The molecule has 0 spiro atoms. The molecule has 162 valence electrons. The zero-order chi connectivity index (χ0) is 22.1. The first-order valence-electron chi connectivity index (χ1n) is 10.6. The topological polar surface area (TPSA) is 109 Å². The summed E-state index contributed by atoms with van der Waals surface area (Å²) in [5.74, 6) is 2.35. The molecule has 1 heterocycles. The largest absolute Gasteiger partial charge is 0.457 e. The molecule has 0 aliphatic heterocycles. The van der Waals surface area contributed by atoms with Crippen LogP contribution in [0.15, 0.2) is 60.9 Å². The standard InChI is InChI=1S/C24H30N6O/c1-3-7-18(14-15-27-2)30-24-21(23(26)28-16-29-24)22(25)17-10-12-20(13-11-17)31-19-8-5-4-6-9-19/h4-6,8-13,16,18,25,27H,3,7,14-15H2,1-2H3,(H3,26,28,29,30). The highest BCUT2D eigenvalue weighted by atomic mass is 16.5. The van der Waals surface area contributed by atoms with Gasteiger partial charge < -0.3 is 21.1 Å². The minimum absolute atomic E-state index is 0.236. The van der Waals surface area contributed by atoms with Crippen molar-refractivity contribution in [2.75, 3.05) is 24.6 Å². The van der Waals surface area contributed by atoms with Crippen LogP contribution < -0.4 is 21.1 Å². The van der Waals surface area contributed by atoms with Crippen LogP contribution in [0.1, 0.15) is 37.3 Å². The van der Waals surface area contributed by atoms with E-state index in [1.165, 1.54) is 6.33 Å². The highest BCUT2D eigenvalue weighted by Gasteiger charge is 2.19. The SMILES string of the molecule is CCCC(CCNC)Nc1ncnc(N)c1C(=N)c1ccc(Oc2ccccc2)cc1. The van der Waals surface area contributed by atoms with Gasteiger partial charge in [0.2, 0.25) is 0 Å². The fraction of sp³-hybridized carbons (Fsp3) is 0.292. The molecular formula is C24H30N6O. The number of ether oxygens (including phenoxy) is 1. The van der Waals surface area contributed by atoms with Crippen LogP contribution in [0.5, 0.6) is 11.5 Å². The molecule has 1 atom stereocenters. The number of nitrogens with zero attached hydrogens (tertiary/aromatic N) is 2. The highest BCUT2D eigenvalue weighted by molar-refractivity contribution is 6.16. The van der Waals surface area contributed by atoms with Crippen molar-refractivity contribution in [3.05, 3.63) is 72.1 Å². The van der Waals surface area contributed by atoms with Gasteiger partial charge in [-0.15, -0.1) is 0 Å². The third-order valence-electron chi connectivity index (χ3n) is 4.97. The third kappa shape index (κ3) is 6.02. The van der Waals surface area contributed by atoms with Crippen LogP contribution in [0.4, 0.5) is 11.6 Å². The second kappa shape index (κ2) is 11.1. The Hall–Kier alpha value is -3.45. The average molecular weight is 419 g/mol. The Morgan fingerprint density at radius 3 is 2.42 bits per heavy atom.